The molecule has 0 unspecified atom stereocenters. The highest BCUT2D eigenvalue weighted by Gasteiger charge is 2.13. The second-order valence-electron chi connectivity index (χ2n) is 5.25. The molecule has 0 aliphatic rings. The van der Waals surface area contributed by atoms with Crippen molar-refractivity contribution in [3.8, 4) is 11.5 Å². The summed E-state index contributed by atoms with van der Waals surface area (Å²) in [6.45, 7) is 1.94. The van der Waals surface area contributed by atoms with Gasteiger partial charge >= 0.3 is 0 Å². The predicted octanol–water partition coefficient (Wildman–Crippen LogP) is 2.97. The number of nitrogens with zero attached hydrogens (tertiary/aromatic N) is 1. The standard InChI is InChI=1S/C17H19N3O5/c1-11-4-7-15(24-2)14(8-11)18-10-17(21)19-13-6-5-12(20(22)23)9-16(13)25-3/h4-9,18H,10H2,1-3H3,(H,19,21). The number of hydrogen-bond acceptors (Lipinski definition) is 6. The minimum atomic E-state index is -0.528. The monoisotopic (exact) mass is 345 g/mol. The number of carbonyl (C=O) groups is 1. The number of methoxy groups -OCH3 is 2. The Morgan fingerprint density at radius 2 is 1.80 bits per heavy atom. The molecule has 2 aromatic carbocycles. The molecule has 0 heterocycles. The lowest BCUT2D eigenvalue weighted by molar-refractivity contribution is -0.384. The van der Waals surface area contributed by atoms with Crippen molar-refractivity contribution in [2.45, 2.75) is 6.92 Å². The number of nitro groups is 1. The van der Waals surface area contributed by atoms with Gasteiger partial charge in [0.1, 0.15) is 11.5 Å². The summed E-state index contributed by atoms with van der Waals surface area (Å²) >= 11 is 0. The summed E-state index contributed by atoms with van der Waals surface area (Å²) in [5.41, 5.74) is 1.97. The van der Waals surface area contributed by atoms with Crippen LogP contribution in [0.3, 0.4) is 0 Å². The Labute approximate surface area is 144 Å². The Hall–Kier alpha value is -3.29. The molecule has 0 aromatic heterocycles. The third kappa shape index (κ3) is 4.60. The van der Waals surface area contributed by atoms with Crippen LogP contribution >= 0.6 is 0 Å². The van der Waals surface area contributed by atoms with E-state index >= 15 is 0 Å². The van der Waals surface area contributed by atoms with Crippen molar-refractivity contribution in [2.75, 3.05) is 31.4 Å². The second kappa shape index (κ2) is 8.00. The molecule has 0 fully saturated rings. The van der Waals surface area contributed by atoms with Gasteiger partial charge in [-0.2, -0.15) is 0 Å². The molecule has 0 radical (unpaired) electrons. The van der Waals surface area contributed by atoms with Crippen LogP contribution in [-0.2, 0) is 4.79 Å². The molecule has 0 aliphatic carbocycles. The van der Waals surface area contributed by atoms with Crippen LogP contribution in [0.5, 0.6) is 11.5 Å². The third-order valence-corrected chi connectivity index (χ3v) is 3.46. The molecule has 0 aliphatic heterocycles. The molecule has 0 saturated carbocycles. The number of rotatable bonds is 7. The van der Waals surface area contributed by atoms with E-state index in [1.165, 1.54) is 25.3 Å². The summed E-state index contributed by atoms with van der Waals surface area (Å²) in [5.74, 6) is 0.526. The number of hydrogen-bond donors (Lipinski definition) is 2. The maximum atomic E-state index is 12.2. The van der Waals surface area contributed by atoms with Gasteiger partial charge in [-0.3, -0.25) is 14.9 Å². The number of non-ortho nitro benzene ring substituents is 1. The average molecular weight is 345 g/mol. The Kier molecular flexibility index (Phi) is 5.78. The van der Waals surface area contributed by atoms with Crippen LogP contribution in [-0.4, -0.2) is 31.6 Å². The van der Waals surface area contributed by atoms with Crippen molar-refractivity contribution in [3.63, 3.8) is 0 Å². The van der Waals surface area contributed by atoms with E-state index in [2.05, 4.69) is 10.6 Å². The van der Waals surface area contributed by atoms with E-state index in [1.807, 2.05) is 25.1 Å². The lowest BCUT2D eigenvalue weighted by Crippen LogP contribution is -2.22. The normalized spacial score (nSPS) is 10.0. The van der Waals surface area contributed by atoms with Crippen molar-refractivity contribution in [2.24, 2.45) is 0 Å². The van der Waals surface area contributed by atoms with E-state index in [1.54, 1.807) is 7.11 Å². The third-order valence-electron chi connectivity index (χ3n) is 3.46. The van der Waals surface area contributed by atoms with Crippen molar-refractivity contribution in [1.82, 2.24) is 0 Å². The highest BCUT2D eigenvalue weighted by molar-refractivity contribution is 5.95. The molecule has 2 N–H and O–H groups in total. The topological polar surface area (TPSA) is 103 Å². The molecule has 132 valence electrons. The number of benzene rings is 2. The molecule has 1 amide bonds. The Bertz CT molecular complexity index is 792. The molecule has 8 heteroatoms. The Balaban J connectivity index is 2.06. The maximum absolute atomic E-state index is 12.2. The van der Waals surface area contributed by atoms with E-state index in [9.17, 15) is 14.9 Å². The molecule has 0 spiro atoms. The van der Waals surface area contributed by atoms with Crippen LogP contribution in [0.15, 0.2) is 36.4 Å². The minimum Gasteiger partial charge on any atom is -0.495 e. The molecule has 2 rings (SSSR count). The van der Waals surface area contributed by atoms with Gasteiger partial charge in [0.2, 0.25) is 5.91 Å². The first kappa shape index (κ1) is 18.1. The quantitative estimate of drug-likeness (QED) is 0.591. The summed E-state index contributed by atoms with van der Waals surface area (Å²) in [5, 5.41) is 16.5. The summed E-state index contributed by atoms with van der Waals surface area (Å²) in [6.07, 6.45) is 0. The average Bonchev–Trinajstić information content (AvgIpc) is 2.60. The van der Waals surface area contributed by atoms with Crippen molar-refractivity contribution in [3.05, 3.63) is 52.1 Å². The number of ether oxygens (including phenoxy) is 2. The van der Waals surface area contributed by atoms with Crippen LogP contribution in [0.4, 0.5) is 17.1 Å². The molecular weight excluding hydrogens is 326 g/mol. The molecule has 0 atom stereocenters. The first-order valence-corrected chi connectivity index (χ1v) is 7.45. The van der Waals surface area contributed by atoms with E-state index in [0.717, 1.165) is 5.56 Å². The highest BCUT2D eigenvalue weighted by Crippen LogP contribution is 2.29. The highest BCUT2D eigenvalue weighted by atomic mass is 16.6. The van der Waals surface area contributed by atoms with E-state index in [4.69, 9.17) is 9.47 Å². The Morgan fingerprint density at radius 3 is 2.44 bits per heavy atom. The molecular formula is C17H19N3O5. The number of anilines is 2. The van der Waals surface area contributed by atoms with Gasteiger partial charge in [-0.05, 0) is 30.7 Å². The summed E-state index contributed by atoms with van der Waals surface area (Å²) in [7, 11) is 2.93. The molecule has 2 aromatic rings. The first-order valence-electron chi connectivity index (χ1n) is 7.45. The van der Waals surface area contributed by atoms with Gasteiger partial charge < -0.3 is 20.1 Å². The van der Waals surface area contributed by atoms with Crippen LogP contribution < -0.4 is 20.1 Å². The van der Waals surface area contributed by atoms with Crippen LogP contribution in [0.2, 0.25) is 0 Å². The zero-order valence-electron chi connectivity index (χ0n) is 14.2. The van der Waals surface area contributed by atoms with Crippen molar-refractivity contribution in [1.29, 1.82) is 0 Å². The van der Waals surface area contributed by atoms with Gasteiger partial charge in [-0.25, -0.2) is 0 Å². The van der Waals surface area contributed by atoms with Gasteiger partial charge in [0.05, 0.1) is 43.1 Å². The van der Waals surface area contributed by atoms with Gasteiger partial charge in [-0.1, -0.05) is 6.07 Å². The van der Waals surface area contributed by atoms with Crippen LogP contribution in [0, 0.1) is 17.0 Å². The zero-order chi connectivity index (χ0) is 18.4. The van der Waals surface area contributed by atoms with Gasteiger partial charge in [-0.15, -0.1) is 0 Å². The molecule has 0 saturated heterocycles. The van der Waals surface area contributed by atoms with Crippen molar-refractivity contribution < 1.29 is 19.2 Å². The smallest absolute Gasteiger partial charge is 0.273 e. The largest absolute Gasteiger partial charge is 0.495 e. The van der Waals surface area contributed by atoms with E-state index in [0.29, 0.717) is 17.1 Å². The number of nitrogens with one attached hydrogen (secondary N) is 2. The van der Waals surface area contributed by atoms with E-state index < -0.39 is 4.92 Å². The maximum Gasteiger partial charge on any atom is 0.273 e. The fraction of sp³-hybridized carbons (Fsp3) is 0.235. The van der Waals surface area contributed by atoms with Gasteiger partial charge in [0.15, 0.2) is 0 Å². The number of aryl methyl sites for hydroxylation is 1. The fourth-order valence-corrected chi connectivity index (χ4v) is 2.23. The van der Waals surface area contributed by atoms with Gasteiger partial charge in [0, 0.05) is 6.07 Å². The fourth-order valence-electron chi connectivity index (χ4n) is 2.23. The van der Waals surface area contributed by atoms with Crippen LogP contribution in [0.1, 0.15) is 5.56 Å². The predicted molar refractivity (Wildman–Crippen MR) is 94.5 cm³/mol. The second-order valence-corrected chi connectivity index (χ2v) is 5.25. The minimum absolute atomic E-state index is 0.0000445. The number of nitro benzene ring substituents is 1. The molecule has 25 heavy (non-hydrogen) atoms. The van der Waals surface area contributed by atoms with Crippen molar-refractivity contribution >= 4 is 23.0 Å². The number of carbonyl (C=O) groups excluding carboxylic acids is 1. The summed E-state index contributed by atoms with van der Waals surface area (Å²) in [6, 6.07) is 9.59. The Morgan fingerprint density at radius 1 is 1.08 bits per heavy atom. The SMILES string of the molecule is COc1ccc(C)cc1NCC(=O)Nc1ccc([N+](=O)[O-])cc1OC. The lowest BCUT2D eigenvalue weighted by atomic mass is 10.2. The lowest BCUT2D eigenvalue weighted by Gasteiger charge is -2.13. The molecule has 8 nitrogen and oxygen atoms in total. The van der Waals surface area contributed by atoms with Gasteiger partial charge in [0.25, 0.3) is 5.69 Å². The first-order chi connectivity index (χ1) is 11.9. The molecule has 0 bridgehead atoms. The number of amides is 1. The zero-order valence-corrected chi connectivity index (χ0v) is 14.2. The van der Waals surface area contributed by atoms with E-state index in [-0.39, 0.29) is 23.9 Å². The summed E-state index contributed by atoms with van der Waals surface area (Å²) in [4.78, 5) is 22.4. The summed E-state index contributed by atoms with van der Waals surface area (Å²) < 4.78 is 10.3. The van der Waals surface area contributed by atoms with Crippen LogP contribution in [0.25, 0.3) is 0 Å².